The second-order valence-electron chi connectivity index (χ2n) is 5.98. The lowest BCUT2D eigenvalue weighted by Crippen LogP contribution is -2.32. The highest BCUT2D eigenvalue weighted by atomic mass is 16.5. The van der Waals surface area contributed by atoms with Gasteiger partial charge < -0.3 is 19.5 Å². The highest BCUT2D eigenvalue weighted by molar-refractivity contribution is 5.97. The maximum absolute atomic E-state index is 12.5. The van der Waals surface area contributed by atoms with Crippen LogP contribution in [0.5, 0.6) is 5.75 Å². The van der Waals surface area contributed by atoms with E-state index in [4.69, 9.17) is 14.2 Å². The number of nitrogens with one attached hydrogen (secondary N) is 1. The summed E-state index contributed by atoms with van der Waals surface area (Å²) in [5.41, 5.74) is 2.74. The molecule has 6 heteroatoms. The van der Waals surface area contributed by atoms with Crippen LogP contribution in [-0.4, -0.2) is 32.3 Å². The lowest BCUT2D eigenvalue weighted by molar-refractivity contribution is -0.149. The van der Waals surface area contributed by atoms with Crippen molar-refractivity contribution in [2.45, 2.75) is 27.2 Å². The minimum Gasteiger partial charge on any atom is -0.497 e. The number of benzene rings is 1. The van der Waals surface area contributed by atoms with Crippen LogP contribution in [0.15, 0.2) is 47.3 Å². The molecule has 0 aromatic heterocycles. The standard InChI is InChI=1S/C20H25NO5/c1-5-25-20(23)18-14(3)21-13(2)12-17(18)19(22)26-11-10-15-6-8-16(24-4)9-7-15/h6-9,12,17,21H,5,10-11H2,1-4H3. The average Bonchev–Trinajstić information content (AvgIpc) is 2.61. The highest BCUT2D eigenvalue weighted by Crippen LogP contribution is 2.25. The van der Waals surface area contributed by atoms with Gasteiger partial charge in [0, 0.05) is 17.8 Å². The maximum atomic E-state index is 12.5. The van der Waals surface area contributed by atoms with Gasteiger partial charge in [0.05, 0.1) is 25.9 Å². The largest absolute Gasteiger partial charge is 0.497 e. The maximum Gasteiger partial charge on any atom is 0.336 e. The first kappa shape index (κ1) is 19.6. The highest BCUT2D eigenvalue weighted by Gasteiger charge is 2.33. The second-order valence-corrected chi connectivity index (χ2v) is 5.98. The van der Waals surface area contributed by atoms with E-state index in [-0.39, 0.29) is 13.2 Å². The van der Waals surface area contributed by atoms with Crippen molar-refractivity contribution in [2.75, 3.05) is 20.3 Å². The number of allylic oxidation sites excluding steroid dienone is 2. The van der Waals surface area contributed by atoms with Crippen LogP contribution in [-0.2, 0) is 25.5 Å². The third-order valence-electron chi connectivity index (χ3n) is 4.06. The van der Waals surface area contributed by atoms with Crippen LogP contribution < -0.4 is 10.1 Å². The molecule has 1 aliphatic heterocycles. The quantitative estimate of drug-likeness (QED) is 0.755. The molecule has 0 bridgehead atoms. The molecule has 1 unspecified atom stereocenters. The van der Waals surface area contributed by atoms with E-state index >= 15 is 0 Å². The van der Waals surface area contributed by atoms with Gasteiger partial charge in [0.15, 0.2) is 0 Å². The molecular weight excluding hydrogens is 334 g/mol. The molecule has 1 aromatic rings. The molecule has 0 radical (unpaired) electrons. The summed E-state index contributed by atoms with van der Waals surface area (Å²) in [7, 11) is 1.61. The number of carbonyl (C=O) groups is 2. The molecule has 140 valence electrons. The van der Waals surface area contributed by atoms with Crippen molar-refractivity contribution in [1.82, 2.24) is 5.32 Å². The normalized spacial score (nSPS) is 16.5. The van der Waals surface area contributed by atoms with E-state index in [1.165, 1.54) is 0 Å². The predicted octanol–water partition coefficient (Wildman–Crippen LogP) is 2.74. The molecular formula is C20H25NO5. The molecule has 2 rings (SSSR count). The van der Waals surface area contributed by atoms with Gasteiger partial charge in [0.25, 0.3) is 0 Å². The first-order chi connectivity index (χ1) is 12.5. The molecule has 1 N–H and O–H groups in total. The summed E-state index contributed by atoms with van der Waals surface area (Å²) in [6.45, 7) is 5.80. The molecule has 0 amide bonds. The fraction of sp³-hybridized carbons (Fsp3) is 0.400. The Kier molecular flexibility index (Phi) is 6.83. The number of hydrogen-bond acceptors (Lipinski definition) is 6. The number of hydrogen-bond donors (Lipinski definition) is 1. The van der Waals surface area contributed by atoms with Crippen LogP contribution >= 0.6 is 0 Å². The fourth-order valence-corrected chi connectivity index (χ4v) is 2.80. The van der Waals surface area contributed by atoms with Crippen molar-refractivity contribution in [3.05, 3.63) is 52.9 Å². The van der Waals surface area contributed by atoms with Crippen molar-refractivity contribution in [2.24, 2.45) is 5.92 Å². The third kappa shape index (κ3) is 4.88. The Morgan fingerprint density at radius 1 is 1.12 bits per heavy atom. The second kappa shape index (κ2) is 9.08. The predicted molar refractivity (Wildman–Crippen MR) is 97.4 cm³/mol. The van der Waals surface area contributed by atoms with Gasteiger partial charge in [-0.25, -0.2) is 4.79 Å². The van der Waals surface area contributed by atoms with Gasteiger partial charge in [-0.15, -0.1) is 0 Å². The van der Waals surface area contributed by atoms with E-state index in [0.717, 1.165) is 17.0 Å². The van der Waals surface area contributed by atoms with Crippen LogP contribution in [0, 0.1) is 5.92 Å². The van der Waals surface area contributed by atoms with Gasteiger partial charge in [0.1, 0.15) is 11.7 Å². The topological polar surface area (TPSA) is 73.9 Å². The third-order valence-corrected chi connectivity index (χ3v) is 4.06. The molecule has 1 heterocycles. The van der Waals surface area contributed by atoms with Gasteiger partial charge in [-0.1, -0.05) is 12.1 Å². The van der Waals surface area contributed by atoms with Crippen LogP contribution in [0.3, 0.4) is 0 Å². The Morgan fingerprint density at radius 2 is 1.81 bits per heavy atom. The van der Waals surface area contributed by atoms with E-state index < -0.39 is 17.9 Å². The Hall–Kier alpha value is -2.76. The smallest absolute Gasteiger partial charge is 0.336 e. The molecule has 0 spiro atoms. The summed E-state index contributed by atoms with van der Waals surface area (Å²) in [6, 6.07) is 7.58. The van der Waals surface area contributed by atoms with Crippen LogP contribution in [0.2, 0.25) is 0 Å². The van der Waals surface area contributed by atoms with E-state index in [9.17, 15) is 9.59 Å². The Labute approximate surface area is 153 Å². The number of methoxy groups -OCH3 is 1. The molecule has 26 heavy (non-hydrogen) atoms. The minimum absolute atomic E-state index is 0.233. The fourth-order valence-electron chi connectivity index (χ4n) is 2.80. The summed E-state index contributed by atoms with van der Waals surface area (Å²) in [5, 5.41) is 3.07. The van der Waals surface area contributed by atoms with Crippen molar-refractivity contribution >= 4 is 11.9 Å². The molecule has 6 nitrogen and oxygen atoms in total. The summed E-state index contributed by atoms with van der Waals surface area (Å²) in [6.07, 6.45) is 2.27. The van der Waals surface area contributed by atoms with Gasteiger partial charge in [0.2, 0.25) is 0 Å². The van der Waals surface area contributed by atoms with E-state index in [1.54, 1.807) is 27.0 Å². The van der Waals surface area contributed by atoms with Gasteiger partial charge in [-0.3, -0.25) is 4.79 Å². The first-order valence-electron chi connectivity index (χ1n) is 8.59. The molecule has 1 aromatic carbocycles. The lowest BCUT2D eigenvalue weighted by Gasteiger charge is -2.24. The summed E-state index contributed by atoms with van der Waals surface area (Å²) in [5.74, 6) is -0.938. The number of ether oxygens (including phenoxy) is 3. The van der Waals surface area contributed by atoms with E-state index in [0.29, 0.717) is 17.7 Å². The first-order valence-corrected chi connectivity index (χ1v) is 8.59. The summed E-state index contributed by atoms with van der Waals surface area (Å²) < 4.78 is 15.6. The van der Waals surface area contributed by atoms with Gasteiger partial charge in [-0.05, 0) is 44.5 Å². The summed E-state index contributed by atoms with van der Waals surface area (Å²) >= 11 is 0. The van der Waals surface area contributed by atoms with Crippen LogP contribution in [0.1, 0.15) is 26.3 Å². The number of rotatable bonds is 7. The average molecular weight is 359 g/mol. The van der Waals surface area contributed by atoms with Gasteiger partial charge in [-0.2, -0.15) is 0 Å². The minimum atomic E-state index is -0.758. The molecule has 0 saturated heterocycles. The van der Waals surface area contributed by atoms with E-state index in [1.807, 2.05) is 31.2 Å². The monoisotopic (exact) mass is 359 g/mol. The molecule has 0 aliphatic carbocycles. The van der Waals surface area contributed by atoms with Crippen molar-refractivity contribution in [1.29, 1.82) is 0 Å². The number of dihydropyridines is 1. The van der Waals surface area contributed by atoms with E-state index in [2.05, 4.69) is 5.32 Å². The molecule has 1 aliphatic rings. The Balaban J connectivity index is 2.01. The Bertz CT molecular complexity index is 718. The Morgan fingerprint density at radius 3 is 2.42 bits per heavy atom. The van der Waals surface area contributed by atoms with Crippen LogP contribution in [0.4, 0.5) is 0 Å². The number of carbonyl (C=O) groups excluding carboxylic acids is 2. The zero-order valence-corrected chi connectivity index (χ0v) is 15.6. The van der Waals surface area contributed by atoms with Gasteiger partial charge >= 0.3 is 11.9 Å². The molecule has 0 fully saturated rings. The molecule has 0 saturated carbocycles. The van der Waals surface area contributed by atoms with Crippen LogP contribution in [0.25, 0.3) is 0 Å². The number of esters is 2. The zero-order chi connectivity index (χ0) is 19.1. The zero-order valence-electron chi connectivity index (χ0n) is 15.6. The molecule has 1 atom stereocenters. The lowest BCUT2D eigenvalue weighted by atomic mass is 9.93. The van der Waals surface area contributed by atoms with Crippen molar-refractivity contribution in [3.63, 3.8) is 0 Å². The van der Waals surface area contributed by atoms with Crippen molar-refractivity contribution < 1.29 is 23.8 Å². The SMILES string of the molecule is CCOC(=O)C1=C(C)NC(C)=CC1C(=O)OCCc1ccc(OC)cc1. The van der Waals surface area contributed by atoms with Crippen molar-refractivity contribution in [3.8, 4) is 5.75 Å². The summed E-state index contributed by atoms with van der Waals surface area (Å²) in [4.78, 5) is 24.8.